The van der Waals surface area contributed by atoms with Crippen molar-refractivity contribution in [3.05, 3.63) is 0 Å². The van der Waals surface area contributed by atoms with Crippen LogP contribution in [-0.2, 0) is 0 Å². The molecule has 0 aliphatic carbocycles. The molecular weight excluding hydrogens is 209 g/mol. The first-order valence-electron chi connectivity index (χ1n) is 4.39. The van der Waals surface area contributed by atoms with Gasteiger partial charge < -0.3 is 0 Å². The van der Waals surface area contributed by atoms with Crippen molar-refractivity contribution in [1.29, 1.82) is 0 Å². The highest BCUT2D eigenvalue weighted by Crippen LogP contribution is 2.19. The molecule has 0 bridgehead atoms. The van der Waals surface area contributed by atoms with Crippen molar-refractivity contribution < 1.29 is 0 Å². The molecule has 0 amide bonds. The van der Waals surface area contributed by atoms with Crippen molar-refractivity contribution in [3.8, 4) is 0 Å². The minimum Gasteiger partial charge on any atom is -0.298 e. The monoisotopic (exact) mass is 227 g/mol. The number of halogens is 2. The molecule has 1 aliphatic heterocycles. The first kappa shape index (κ1) is 12.8. The highest BCUT2D eigenvalue weighted by atomic mass is 35.7. The molecule has 0 saturated carbocycles. The van der Waals surface area contributed by atoms with Gasteiger partial charge in [-0.25, -0.2) is 0 Å². The van der Waals surface area contributed by atoms with E-state index >= 15 is 0 Å². The molecule has 1 rings (SSSR count). The lowest BCUT2D eigenvalue weighted by molar-refractivity contribution is 0.175. The van der Waals surface area contributed by atoms with Crippen LogP contribution in [0.25, 0.3) is 0 Å². The summed E-state index contributed by atoms with van der Waals surface area (Å²) in [7, 11) is -0.639. The quantitative estimate of drug-likeness (QED) is 0.454. The normalized spacial score (nSPS) is 18.8. The van der Waals surface area contributed by atoms with Crippen LogP contribution >= 0.6 is 22.2 Å². The third kappa shape index (κ3) is 5.41. The maximum atomic E-state index is 4.90. The lowest BCUT2D eigenvalue weighted by Crippen LogP contribution is -2.38. The summed E-state index contributed by atoms with van der Waals surface area (Å²) in [6.07, 6.45) is 2.80. The van der Waals surface area contributed by atoms with Gasteiger partial charge in [0, 0.05) is 5.54 Å². The van der Waals surface area contributed by atoms with Crippen LogP contribution in [-0.4, -0.2) is 31.7 Å². The van der Waals surface area contributed by atoms with Crippen LogP contribution < -0.4 is 0 Å². The molecule has 1 fully saturated rings. The molecule has 1 heterocycles. The Bertz CT molecular complexity index is 108. The van der Waals surface area contributed by atoms with Gasteiger partial charge in [-0.1, -0.05) is 0 Å². The van der Waals surface area contributed by atoms with Gasteiger partial charge in [0.25, 0.3) is 0 Å². The number of rotatable bonds is 0. The summed E-state index contributed by atoms with van der Waals surface area (Å²) in [4.78, 5) is 2.55. The van der Waals surface area contributed by atoms with Crippen LogP contribution in [0, 0.1) is 0 Å². The lowest BCUT2D eigenvalue weighted by atomic mass is 10.1. The molecule has 0 spiro atoms. The molecule has 74 valence electrons. The molecule has 1 aliphatic rings. The first-order chi connectivity index (χ1) is 5.52. The first-order valence-corrected chi connectivity index (χ1v) is 8.67. The van der Waals surface area contributed by atoms with Crippen molar-refractivity contribution >= 4 is 30.3 Å². The van der Waals surface area contributed by atoms with Crippen LogP contribution in [0.3, 0.4) is 0 Å². The zero-order chi connectivity index (χ0) is 9.61. The molecule has 0 atom stereocenters. The Labute approximate surface area is 87.6 Å². The van der Waals surface area contributed by atoms with Crippen LogP contribution in [0.1, 0.15) is 33.6 Å². The SMILES string of the molecule is CC(C)(C)N1CCCC1.Cl[SiH2]Cl. The van der Waals surface area contributed by atoms with Gasteiger partial charge in [0.1, 0.15) is 0 Å². The Morgan fingerprint density at radius 2 is 1.42 bits per heavy atom. The van der Waals surface area contributed by atoms with Gasteiger partial charge in [0.05, 0.1) is 0 Å². The van der Waals surface area contributed by atoms with E-state index in [0.29, 0.717) is 5.54 Å². The molecule has 4 heteroatoms. The van der Waals surface area contributed by atoms with Gasteiger partial charge in [0.15, 0.2) is 0 Å². The average molecular weight is 228 g/mol. The highest BCUT2D eigenvalue weighted by Gasteiger charge is 2.23. The summed E-state index contributed by atoms with van der Waals surface area (Å²) in [5, 5.41) is 0. The zero-order valence-corrected chi connectivity index (χ0v) is 11.2. The van der Waals surface area contributed by atoms with Gasteiger partial charge in [-0.3, -0.25) is 4.90 Å². The fourth-order valence-corrected chi connectivity index (χ4v) is 1.39. The summed E-state index contributed by atoms with van der Waals surface area (Å²) in [6, 6.07) is 0. The smallest absolute Gasteiger partial charge is 0.222 e. The predicted octanol–water partition coefficient (Wildman–Crippen LogP) is 2.34. The topological polar surface area (TPSA) is 3.24 Å². The fraction of sp³-hybridized carbons (Fsp3) is 1.00. The molecule has 1 nitrogen and oxygen atoms in total. The van der Waals surface area contributed by atoms with E-state index in [1.807, 2.05) is 0 Å². The van der Waals surface area contributed by atoms with Crippen LogP contribution in [0.15, 0.2) is 0 Å². The van der Waals surface area contributed by atoms with Crippen molar-refractivity contribution in [2.75, 3.05) is 13.1 Å². The van der Waals surface area contributed by atoms with Gasteiger partial charge >= 0.3 is 0 Å². The number of nitrogens with zero attached hydrogens (tertiary/aromatic N) is 1. The van der Waals surface area contributed by atoms with Crippen molar-refractivity contribution in [2.45, 2.75) is 39.2 Å². The van der Waals surface area contributed by atoms with Crippen molar-refractivity contribution in [1.82, 2.24) is 4.90 Å². The van der Waals surface area contributed by atoms with Crippen molar-refractivity contribution in [2.24, 2.45) is 0 Å². The van der Waals surface area contributed by atoms with Crippen LogP contribution in [0.2, 0.25) is 0 Å². The summed E-state index contributed by atoms with van der Waals surface area (Å²) in [6.45, 7) is 9.49. The van der Waals surface area contributed by atoms with E-state index in [0.717, 1.165) is 0 Å². The largest absolute Gasteiger partial charge is 0.298 e. The van der Waals surface area contributed by atoms with E-state index in [4.69, 9.17) is 22.2 Å². The zero-order valence-electron chi connectivity index (χ0n) is 8.24. The van der Waals surface area contributed by atoms with Gasteiger partial charge in [-0.05, 0) is 46.7 Å². The third-order valence-corrected chi connectivity index (χ3v) is 2.05. The number of hydrogen-bond donors (Lipinski definition) is 0. The maximum absolute atomic E-state index is 4.90. The fourth-order valence-electron chi connectivity index (χ4n) is 1.39. The molecule has 12 heavy (non-hydrogen) atoms. The minimum atomic E-state index is -0.639. The standard InChI is InChI=1S/C8H17N.Cl2H2Si/c1-8(2,3)9-6-4-5-7-9;1-3-2/h4-7H2,1-3H3;3H2. The minimum absolute atomic E-state index is 0.413. The van der Waals surface area contributed by atoms with Crippen molar-refractivity contribution in [3.63, 3.8) is 0 Å². The second kappa shape index (κ2) is 6.25. The van der Waals surface area contributed by atoms with Gasteiger partial charge in [0.2, 0.25) is 8.14 Å². The maximum Gasteiger partial charge on any atom is 0.222 e. The van der Waals surface area contributed by atoms with E-state index in [9.17, 15) is 0 Å². The number of hydrogen-bond acceptors (Lipinski definition) is 1. The van der Waals surface area contributed by atoms with Gasteiger partial charge in [-0.2, -0.15) is 22.2 Å². The molecule has 0 N–H and O–H groups in total. The average Bonchev–Trinajstić information content (AvgIpc) is 2.36. The van der Waals surface area contributed by atoms with E-state index in [-0.39, 0.29) is 0 Å². The lowest BCUT2D eigenvalue weighted by Gasteiger charge is -2.31. The Hall–Kier alpha value is 0.757. The molecule has 0 aromatic rings. The van der Waals surface area contributed by atoms with Crippen LogP contribution in [0.5, 0.6) is 0 Å². The Morgan fingerprint density at radius 3 is 1.58 bits per heavy atom. The van der Waals surface area contributed by atoms with Crippen LogP contribution in [0.4, 0.5) is 0 Å². The summed E-state index contributed by atoms with van der Waals surface area (Å²) in [5.74, 6) is 0. The van der Waals surface area contributed by atoms with Gasteiger partial charge in [-0.15, -0.1) is 0 Å². The number of likely N-dealkylation sites (tertiary alicyclic amines) is 1. The molecule has 0 unspecified atom stereocenters. The molecular formula is C8H19Cl2NSi. The molecule has 0 aromatic heterocycles. The Morgan fingerprint density at radius 1 is 1.08 bits per heavy atom. The second-order valence-electron chi connectivity index (χ2n) is 3.97. The summed E-state index contributed by atoms with van der Waals surface area (Å²) < 4.78 is 0. The molecule has 1 saturated heterocycles. The molecule has 0 aromatic carbocycles. The second-order valence-corrected chi connectivity index (χ2v) is 6.59. The van der Waals surface area contributed by atoms with E-state index < -0.39 is 8.14 Å². The summed E-state index contributed by atoms with van der Waals surface area (Å²) >= 11 is 9.81. The Balaban J connectivity index is 0.000000354. The predicted molar refractivity (Wildman–Crippen MR) is 60.8 cm³/mol. The third-order valence-electron chi connectivity index (χ3n) is 2.05. The van der Waals surface area contributed by atoms with E-state index in [2.05, 4.69) is 25.7 Å². The molecule has 0 radical (unpaired) electrons. The van der Waals surface area contributed by atoms with E-state index in [1.54, 1.807) is 0 Å². The Kier molecular flexibility index (Phi) is 6.64. The summed E-state index contributed by atoms with van der Waals surface area (Å²) in [5.41, 5.74) is 0.413. The highest BCUT2D eigenvalue weighted by molar-refractivity contribution is 7.22. The van der Waals surface area contributed by atoms with E-state index in [1.165, 1.54) is 25.9 Å².